The van der Waals surface area contributed by atoms with Crippen LogP contribution in [0.4, 0.5) is 10.5 Å². The van der Waals surface area contributed by atoms with E-state index in [9.17, 15) is 24.0 Å². The summed E-state index contributed by atoms with van der Waals surface area (Å²) in [6.07, 6.45) is 6.94. The second-order valence-corrected chi connectivity index (χ2v) is 19.8. The number of esters is 1. The number of anilines is 1. The molecule has 2 aromatic heterocycles. The van der Waals surface area contributed by atoms with E-state index >= 15 is 0 Å². The van der Waals surface area contributed by atoms with E-state index in [1.54, 1.807) is 36.5 Å². The van der Waals surface area contributed by atoms with E-state index in [4.69, 9.17) is 9.47 Å². The van der Waals surface area contributed by atoms with Crippen molar-refractivity contribution in [1.82, 2.24) is 46.9 Å². The zero-order valence-corrected chi connectivity index (χ0v) is 38.4. The molecule has 0 spiro atoms. The Balaban J connectivity index is 0.987. The van der Waals surface area contributed by atoms with E-state index in [-0.39, 0.29) is 54.0 Å². The summed E-state index contributed by atoms with van der Waals surface area (Å²) in [5.41, 5.74) is 2.98. The van der Waals surface area contributed by atoms with Gasteiger partial charge in [0.2, 0.25) is 17.6 Å². The lowest BCUT2D eigenvalue weighted by Crippen LogP contribution is -2.60. The molecule has 2 bridgehead atoms. The Kier molecular flexibility index (Phi) is 14.0. The number of aryl methyl sites for hydroxylation is 1. The van der Waals surface area contributed by atoms with Crippen LogP contribution in [-0.4, -0.2) is 96.8 Å². The van der Waals surface area contributed by atoms with E-state index in [0.717, 1.165) is 53.5 Å². The number of alkyl carbamates (subject to hydrolysis) is 1. The lowest BCUT2D eigenvalue weighted by molar-refractivity contribution is -0.164. The first kappa shape index (κ1) is 46.8. The molecule has 0 radical (unpaired) electrons. The molecule has 2 saturated heterocycles. The van der Waals surface area contributed by atoms with Crippen molar-refractivity contribution < 1.29 is 33.4 Å². The number of piperidine rings is 1. The third-order valence-electron chi connectivity index (χ3n) is 12.3. The number of aromatic amines is 1. The fraction of sp³-hybridized carbons (Fsp3) is 0.521. The largest absolute Gasteiger partial charge is 0.459 e. The third-order valence-corrected chi connectivity index (χ3v) is 12.3. The van der Waals surface area contributed by atoms with Gasteiger partial charge in [0.05, 0.1) is 0 Å². The van der Waals surface area contributed by atoms with Gasteiger partial charge in [0, 0.05) is 54.0 Å². The molecule has 346 valence electrons. The normalized spacial score (nSPS) is 22.3. The minimum atomic E-state index is -0.882. The molecule has 65 heavy (non-hydrogen) atoms. The number of tetrazole rings is 1. The third kappa shape index (κ3) is 12.3. The van der Waals surface area contributed by atoms with Crippen LogP contribution in [0.2, 0.25) is 0 Å². The summed E-state index contributed by atoms with van der Waals surface area (Å²) in [4.78, 5) is 71.2. The van der Waals surface area contributed by atoms with Gasteiger partial charge in [0.25, 0.3) is 5.91 Å². The molecule has 2 aromatic carbocycles. The van der Waals surface area contributed by atoms with Gasteiger partial charge >= 0.3 is 12.1 Å². The molecule has 2 aliphatic heterocycles. The van der Waals surface area contributed by atoms with Gasteiger partial charge in [-0.3, -0.25) is 29.5 Å². The fourth-order valence-electron chi connectivity index (χ4n) is 9.05. The Morgan fingerprint density at radius 1 is 0.877 bits per heavy atom. The summed E-state index contributed by atoms with van der Waals surface area (Å²) in [6.45, 7) is 13.4. The number of rotatable bonds is 13. The lowest BCUT2D eigenvalue weighted by atomic mass is 9.81. The topological polar surface area (TPSA) is 231 Å². The predicted molar refractivity (Wildman–Crippen MR) is 243 cm³/mol. The van der Waals surface area contributed by atoms with Gasteiger partial charge in [0.15, 0.2) is 0 Å². The molecule has 1 aliphatic carbocycles. The molecule has 4 atom stereocenters. The zero-order chi connectivity index (χ0) is 46.5. The number of carbonyl (C=O) groups excluding carboxylic acids is 5. The molecule has 1 unspecified atom stereocenters. The average Bonchev–Trinajstić information content (AvgIpc) is 3.90. The average molecular weight is 891 g/mol. The van der Waals surface area contributed by atoms with Crippen molar-refractivity contribution in [2.24, 2.45) is 11.8 Å². The van der Waals surface area contributed by atoms with E-state index in [1.807, 2.05) is 72.7 Å². The van der Waals surface area contributed by atoms with Crippen molar-refractivity contribution in [3.63, 3.8) is 0 Å². The predicted octanol–water partition coefficient (Wildman–Crippen LogP) is 5.96. The van der Waals surface area contributed by atoms with Crippen LogP contribution in [0.5, 0.6) is 0 Å². The van der Waals surface area contributed by atoms with Gasteiger partial charge in [-0.1, -0.05) is 24.3 Å². The van der Waals surface area contributed by atoms with Gasteiger partial charge in [-0.05, 0) is 158 Å². The van der Waals surface area contributed by atoms with Crippen LogP contribution in [-0.2, 0) is 30.3 Å². The van der Waals surface area contributed by atoms with Gasteiger partial charge in [-0.25, -0.2) is 4.79 Å². The van der Waals surface area contributed by atoms with E-state index in [2.05, 4.69) is 52.2 Å². The number of nitrogens with zero attached hydrogens (tertiary/aromatic N) is 4. The quantitative estimate of drug-likeness (QED) is 0.0855. The van der Waals surface area contributed by atoms with Gasteiger partial charge in [0.1, 0.15) is 28.5 Å². The smallest absolute Gasteiger partial charge is 0.407 e. The summed E-state index contributed by atoms with van der Waals surface area (Å²) in [5, 5.41) is 29.5. The minimum absolute atomic E-state index is 0.122. The minimum Gasteiger partial charge on any atom is -0.459 e. The number of fused-ring (bicyclic) bond motifs is 2. The molecule has 1 saturated carbocycles. The summed E-state index contributed by atoms with van der Waals surface area (Å²) < 4.78 is 11.1. The van der Waals surface area contributed by atoms with Crippen LogP contribution in [0.25, 0.3) is 22.5 Å². The van der Waals surface area contributed by atoms with Crippen molar-refractivity contribution in [3.05, 3.63) is 77.6 Å². The van der Waals surface area contributed by atoms with Crippen molar-refractivity contribution in [2.45, 2.75) is 141 Å². The van der Waals surface area contributed by atoms with Crippen molar-refractivity contribution in [1.29, 1.82) is 0 Å². The van der Waals surface area contributed by atoms with E-state index in [1.165, 1.54) is 0 Å². The highest BCUT2D eigenvalue weighted by Crippen LogP contribution is 2.38. The Bertz CT molecular complexity index is 2330. The number of carbonyl (C=O) groups is 5. The highest BCUT2D eigenvalue weighted by molar-refractivity contribution is 5.98. The summed E-state index contributed by atoms with van der Waals surface area (Å²) >= 11 is 0. The molecule has 7 rings (SSSR count). The molecular formula is C48H62N10O7. The van der Waals surface area contributed by atoms with Crippen LogP contribution in [0.1, 0.15) is 115 Å². The second-order valence-electron chi connectivity index (χ2n) is 19.8. The number of H-pyrrole nitrogens is 1. The molecule has 4 heterocycles. The SMILES string of the molecule is Cc1cc(C(=O)NC2C[C@@H]3CC[C@](C(=O)OC(C)(C)C)(C2)N3)ncc1-c1ccc(C[C@H](NC(=O)C2CCC(CNC(=O)OC(C)(C)C)CC2)C(=O)Nc2ccc(-c3nn[nH]n3)cc2)cc1. The zero-order valence-electron chi connectivity index (χ0n) is 38.4. The molecule has 4 amide bonds. The Hall–Kier alpha value is -6.23. The number of nitrogens with one attached hydrogen (secondary N) is 6. The maximum atomic E-state index is 13.9. The number of aromatic nitrogens is 5. The van der Waals surface area contributed by atoms with E-state index < -0.39 is 28.9 Å². The van der Waals surface area contributed by atoms with Gasteiger partial charge in [-0.15, -0.1) is 10.2 Å². The maximum Gasteiger partial charge on any atom is 0.407 e. The van der Waals surface area contributed by atoms with E-state index in [0.29, 0.717) is 49.4 Å². The molecule has 4 aromatic rings. The number of pyridine rings is 1. The first-order chi connectivity index (χ1) is 30.8. The van der Waals surface area contributed by atoms with Crippen molar-refractivity contribution in [3.8, 4) is 22.5 Å². The van der Waals surface area contributed by atoms with Gasteiger partial charge in [-0.2, -0.15) is 5.21 Å². The summed E-state index contributed by atoms with van der Waals surface area (Å²) in [5.74, 6) is -0.743. The highest BCUT2D eigenvalue weighted by atomic mass is 16.6. The number of hydrogen-bond acceptors (Lipinski definition) is 12. The summed E-state index contributed by atoms with van der Waals surface area (Å²) in [6, 6.07) is 15.6. The standard InChI is InChI=1S/C48H62N10O7/c1-28-22-38(42(60)52-36-24-35-20-21-48(25-36,54-35)44(62)64-46(2,3)4)49-27-37(28)31-12-8-29(9-13-31)23-39(43(61)51-34-18-16-32(17-19-34)40-55-57-58-56-40)53-41(59)33-14-10-30(11-15-33)26-50-45(63)65-47(5,6)7/h8-9,12-13,16-19,22,27,30,33,35-36,39,54H,10-11,14-15,20-21,23-26H2,1-7H3,(H,50,63)(H,51,61)(H,52,60)(H,53,59)(H,55,56,57,58)/t30?,33?,35-,36?,39-,48+/m0/s1. The molecule has 3 fully saturated rings. The lowest BCUT2D eigenvalue weighted by Gasteiger charge is -2.39. The Labute approximate surface area is 379 Å². The first-order valence-electron chi connectivity index (χ1n) is 22.6. The Morgan fingerprint density at radius 2 is 1.57 bits per heavy atom. The second kappa shape index (κ2) is 19.5. The Morgan fingerprint density at radius 3 is 2.22 bits per heavy atom. The number of ether oxygens (including phenoxy) is 2. The molecule has 6 N–H and O–H groups in total. The van der Waals surface area contributed by atoms with Crippen LogP contribution >= 0.6 is 0 Å². The summed E-state index contributed by atoms with van der Waals surface area (Å²) in [7, 11) is 0. The van der Waals surface area contributed by atoms with Crippen LogP contribution in [0.15, 0.2) is 60.8 Å². The molecule has 17 nitrogen and oxygen atoms in total. The van der Waals surface area contributed by atoms with Crippen molar-refractivity contribution in [2.75, 3.05) is 11.9 Å². The van der Waals surface area contributed by atoms with Crippen LogP contribution in [0, 0.1) is 18.8 Å². The van der Waals surface area contributed by atoms with Crippen LogP contribution < -0.4 is 26.6 Å². The number of amides is 4. The monoisotopic (exact) mass is 890 g/mol. The highest BCUT2D eigenvalue weighted by Gasteiger charge is 2.52. The maximum absolute atomic E-state index is 13.9. The van der Waals surface area contributed by atoms with Gasteiger partial charge < -0.3 is 30.7 Å². The number of benzene rings is 2. The molecular weight excluding hydrogens is 829 g/mol. The fourth-order valence-corrected chi connectivity index (χ4v) is 9.05. The number of hydrogen-bond donors (Lipinski definition) is 6. The van der Waals surface area contributed by atoms with Crippen molar-refractivity contribution >= 4 is 35.5 Å². The molecule has 17 heteroatoms. The molecule has 3 aliphatic rings. The first-order valence-corrected chi connectivity index (χ1v) is 22.6. The van der Waals surface area contributed by atoms with Crippen LogP contribution in [0.3, 0.4) is 0 Å².